The van der Waals surface area contributed by atoms with Crippen molar-refractivity contribution in [3.63, 3.8) is 0 Å². The van der Waals surface area contributed by atoms with Gasteiger partial charge >= 0.3 is 0 Å². The molecule has 1 aliphatic rings. The quantitative estimate of drug-likeness (QED) is 0.924. The van der Waals surface area contributed by atoms with Gasteiger partial charge in [0.05, 0.1) is 10.9 Å². The molecule has 1 N–H and O–H groups in total. The van der Waals surface area contributed by atoms with E-state index < -0.39 is 0 Å². The lowest BCUT2D eigenvalue weighted by Crippen LogP contribution is -2.24. The summed E-state index contributed by atoms with van der Waals surface area (Å²) in [5.41, 5.74) is 2.19. The molecule has 0 amide bonds. The van der Waals surface area contributed by atoms with E-state index in [-0.39, 0.29) is 0 Å². The maximum atomic E-state index is 4.77. The summed E-state index contributed by atoms with van der Waals surface area (Å²) in [4.78, 5) is 9.43. The standard InChI is InChI=1S/C14H23N3S2/c1-9(2)15-8-12-7-10(3)16-14(17-12)13-11(4)18-5-6-19-13/h7,9,11,13,15H,5-6,8H2,1-4H3. The number of nitrogens with one attached hydrogen (secondary N) is 1. The molecule has 106 valence electrons. The molecule has 0 radical (unpaired) electrons. The molecular weight excluding hydrogens is 274 g/mol. The fourth-order valence-corrected chi connectivity index (χ4v) is 4.79. The normalized spacial score (nSPS) is 23.8. The van der Waals surface area contributed by atoms with Crippen molar-refractivity contribution in [3.8, 4) is 0 Å². The fraction of sp³-hybridized carbons (Fsp3) is 0.714. The Morgan fingerprint density at radius 2 is 2.05 bits per heavy atom. The molecule has 19 heavy (non-hydrogen) atoms. The van der Waals surface area contributed by atoms with Crippen molar-refractivity contribution >= 4 is 23.5 Å². The number of hydrogen-bond acceptors (Lipinski definition) is 5. The van der Waals surface area contributed by atoms with E-state index in [1.165, 1.54) is 11.5 Å². The van der Waals surface area contributed by atoms with Gasteiger partial charge < -0.3 is 5.32 Å². The number of thioether (sulfide) groups is 2. The van der Waals surface area contributed by atoms with Gasteiger partial charge in [-0.05, 0) is 13.0 Å². The van der Waals surface area contributed by atoms with Crippen LogP contribution in [0.1, 0.15) is 43.2 Å². The predicted molar refractivity (Wildman–Crippen MR) is 85.9 cm³/mol. The summed E-state index contributed by atoms with van der Waals surface area (Å²) in [5, 5.41) is 4.47. The van der Waals surface area contributed by atoms with Gasteiger partial charge in [0.15, 0.2) is 0 Å². The Labute approximate surface area is 124 Å². The molecule has 1 aromatic rings. The average Bonchev–Trinajstić information content (AvgIpc) is 2.36. The van der Waals surface area contributed by atoms with E-state index in [0.717, 1.165) is 23.8 Å². The number of rotatable bonds is 4. The minimum absolute atomic E-state index is 0.441. The minimum atomic E-state index is 0.441. The first-order valence-corrected chi connectivity index (χ1v) is 8.97. The van der Waals surface area contributed by atoms with Crippen LogP contribution in [-0.4, -0.2) is 32.8 Å². The van der Waals surface area contributed by atoms with Crippen molar-refractivity contribution in [1.29, 1.82) is 0 Å². The van der Waals surface area contributed by atoms with E-state index >= 15 is 0 Å². The van der Waals surface area contributed by atoms with Gasteiger partial charge in [-0.3, -0.25) is 0 Å². The molecule has 1 saturated heterocycles. The van der Waals surface area contributed by atoms with Crippen LogP contribution in [0.2, 0.25) is 0 Å². The topological polar surface area (TPSA) is 37.8 Å². The van der Waals surface area contributed by atoms with Crippen molar-refractivity contribution < 1.29 is 0 Å². The van der Waals surface area contributed by atoms with Gasteiger partial charge in [-0.2, -0.15) is 11.8 Å². The van der Waals surface area contributed by atoms with E-state index in [9.17, 15) is 0 Å². The molecule has 3 nitrogen and oxygen atoms in total. The molecule has 0 saturated carbocycles. The SMILES string of the molecule is Cc1cc(CNC(C)C)nc(C2SCCSC2C)n1. The van der Waals surface area contributed by atoms with Gasteiger partial charge in [0.2, 0.25) is 0 Å². The predicted octanol–water partition coefficient (Wildman–Crippen LogP) is 3.19. The fourth-order valence-electron chi connectivity index (χ4n) is 2.10. The Bertz CT molecular complexity index is 423. The molecule has 1 aromatic heterocycles. The third kappa shape index (κ3) is 4.36. The second-order valence-corrected chi connectivity index (χ2v) is 8.00. The molecule has 0 bridgehead atoms. The number of nitrogens with zero attached hydrogens (tertiary/aromatic N) is 2. The zero-order valence-electron chi connectivity index (χ0n) is 12.1. The van der Waals surface area contributed by atoms with Crippen LogP contribution in [0.5, 0.6) is 0 Å². The average molecular weight is 297 g/mol. The van der Waals surface area contributed by atoms with E-state index in [2.05, 4.69) is 44.1 Å². The van der Waals surface area contributed by atoms with E-state index in [0.29, 0.717) is 16.5 Å². The zero-order chi connectivity index (χ0) is 13.8. The van der Waals surface area contributed by atoms with Crippen molar-refractivity contribution in [2.75, 3.05) is 11.5 Å². The Morgan fingerprint density at radius 3 is 2.74 bits per heavy atom. The maximum absolute atomic E-state index is 4.77. The smallest absolute Gasteiger partial charge is 0.142 e. The van der Waals surface area contributed by atoms with Crippen molar-refractivity contribution in [2.45, 2.75) is 50.8 Å². The molecular formula is C14H23N3S2. The number of hydrogen-bond donors (Lipinski definition) is 1. The van der Waals surface area contributed by atoms with Crippen LogP contribution in [0.25, 0.3) is 0 Å². The Morgan fingerprint density at radius 1 is 1.32 bits per heavy atom. The van der Waals surface area contributed by atoms with Crippen molar-refractivity contribution in [2.24, 2.45) is 0 Å². The van der Waals surface area contributed by atoms with Gasteiger partial charge in [0.1, 0.15) is 5.82 Å². The highest BCUT2D eigenvalue weighted by atomic mass is 32.2. The highest BCUT2D eigenvalue weighted by Gasteiger charge is 2.26. The van der Waals surface area contributed by atoms with Gasteiger partial charge in [-0.1, -0.05) is 20.8 Å². The summed E-state index contributed by atoms with van der Waals surface area (Å²) < 4.78 is 0. The van der Waals surface area contributed by atoms with Gasteiger partial charge in [0.25, 0.3) is 0 Å². The molecule has 2 atom stereocenters. The highest BCUT2D eigenvalue weighted by molar-refractivity contribution is 8.06. The Balaban J connectivity index is 2.15. The second kappa shape index (κ2) is 6.95. The van der Waals surface area contributed by atoms with Crippen LogP contribution < -0.4 is 5.32 Å². The van der Waals surface area contributed by atoms with Crippen molar-refractivity contribution in [1.82, 2.24) is 15.3 Å². The van der Waals surface area contributed by atoms with Gasteiger partial charge in [-0.15, -0.1) is 11.8 Å². The van der Waals surface area contributed by atoms with Crippen LogP contribution in [-0.2, 0) is 6.54 Å². The van der Waals surface area contributed by atoms with Crippen LogP contribution >= 0.6 is 23.5 Å². The van der Waals surface area contributed by atoms with Crippen LogP contribution in [0.3, 0.4) is 0 Å². The van der Waals surface area contributed by atoms with Gasteiger partial charge in [-0.25, -0.2) is 9.97 Å². The zero-order valence-corrected chi connectivity index (χ0v) is 13.8. The van der Waals surface area contributed by atoms with Gasteiger partial charge in [0, 0.05) is 35.0 Å². The Kier molecular flexibility index (Phi) is 5.54. The molecule has 1 fully saturated rings. The Hall–Kier alpha value is -0.260. The minimum Gasteiger partial charge on any atom is -0.309 e. The lowest BCUT2D eigenvalue weighted by molar-refractivity contribution is 0.577. The summed E-state index contributed by atoms with van der Waals surface area (Å²) in [6, 6.07) is 2.57. The van der Waals surface area contributed by atoms with E-state index in [1.54, 1.807) is 0 Å². The van der Waals surface area contributed by atoms with E-state index in [1.807, 2.05) is 23.5 Å². The molecule has 0 aliphatic carbocycles. The molecule has 0 spiro atoms. The number of aryl methyl sites for hydroxylation is 1. The first-order chi connectivity index (χ1) is 9.06. The monoisotopic (exact) mass is 297 g/mol. The van der Waals surface area contributed by atoms with Crippen LogP contribution in [0.15, 0.2) is 6.07 Å². The molecule has 0 aromatic carbocycles. The second-order valence-electron chi connectivity index (χ2n) is 5.26. The number of aromatic nitrogens is 2. The lowest BCUT2D eigenvalue weighted by atomic mass is 10.2. The van der Waals surface area contributed by atoms with Crippen molar-refractivity contribution in [3.05, 3.63) is 23.3 Å². The summed E-state index contributed by atoms with van der Waals surface area (Å²) in [5.74, 6) is 3.47. The first kappa shape index (κ1) is 15.1. The van der Waals surface area contributed by atoms with Crippen LogP contribution in [0, 0.1) is 6.92 Å². The maximum Gasteiger partial charge on any atom is 0.142 e. The van der Waals surface area contributed by atoms with Crippen LogP contribution in [0.4, 0.5) is 0 Å². The highest BCUT2D eigenvalue weighted by Crippen LogP contribution is 2.40. The first-order valence-electron chi connectivity index (χ1n) is 6.87. The summed E-state index contributed by atoms with van der Waals surface area (Å²) >= 11 is 4.03. The molecule has 2 rings (SSSR count). The summed E-state index contributed by atoms with van der Waals surface area (Å²) in [7, 11) is 0. The lowest BCUT2D eigenvalue weighted by Gasteiger charge is -2.27. The molecule has 1 aliphatic heterocycles. The third-order valence-electron chi connectivity index (χ3n) is 3.06. The summed E-state index contributed by atoms with van der Waals surface area (Å²) in [6.45, 7) is 9.50. The van der Waals surface area contributed by atoms with E-state index in [4.69, 9.17) is 4.98 Å². The summed E-state index contributed by atoms with van der Waals surface area (Å²) in [6.07, 6.45) is 0. The molecule has 2 heterocycles. The largest absolute Gasteiger partial charge is 0.309 e. The molecule has 2 unspecified atom stereocenters. The molecule has 5 heteroatoms. The third-order valence-corrected chi connectivity index (χ3v) is 6.14.